The number of benzene rings is 2. The lowest BCUT2D eigenvalue weighted by atomic mass is 10.2. The summed E-state index contributed by atoms with van der Waals surface area (Å²) >= 11 is 0. The Morgan fingerprint density at radius 1 is 0.676 bits per heavy atom. The lowest BCUT2D eigenvalue weighted by Gasteiger charge is -2.23. The molecule has 0 amide bonds. The first-order chi connectivity index (χ1) is 15.7. The Morgan fingerprint density at radius 3 is 1.24 bits per heavy atom. The van der Waals surface area contributed by atoms with Crippen molar-refractivity contribution in [2.75, 3.05) is 0 Å². The van der Waals surface area contributed by atoms with Gasteiger partial charge in [-0.25, -0.2) is 8.37 Å². The van der Waals surface area contributed by atoms with Crippen molar-refractivity contribution in [2.24, 2.45) is 0 Å². The van der Waals surface area contributed by atoms with E-state index < -0.39 is 53.3 Å². The van der Waals surface area contributed by atoms with E-state index in [1.165, 1.54) is 48.5 Å². The zero-order valence-corrected chi connectivity index (χ0v) is 21.4. The molecule has 190 valence electrons. The van der Waals surface area contributed by atoms with Gasteiger partial charge < -0.3 is 10.2 Å². The van der Waals surface area contributed by atoms with Crippen molar-refractivity contribution in [2.45, 2.75) is 62.3 Å². The van der Waals surface area contributed by atoms with Crippen LogP contribution in [-0.2, 0) is 42.2 Å². The zero-order valence-electron chi connectivity index (χ0n) is 18.8. The molecule has 0 unspecified atom stereocenters. The minimum Gasteiger partial charge on any atom is -0.388 e. The van der Waals surface area contributed by atoms with Crippen LogP contribution in [0.3, 0.4) is 0 Å². The number of hydrogen-bond acceptors (Lipinski definition) is 11. The van der Waals surface area contributed by atoms with E-state index in [0.717, 1.165) is 25.0 Å². The summed E-state index contributed by atoms with van der Waals surface area (Å²) in [6.45, 7) is 5.74. The molecule has 2 aromatic rings. The third kappa shape index (κ3) is 8.22. The number of aliphatic hydroxyl groups excluding tert-OH is 2. The van der Waals surface area contributed by atoms with Gasteiger partial charge in [0.15, 0.2) is 0 Å². The summed E-state index contributed by atoms with van der Waals surface area (Å²) in [5.41, 5.74) is 1.59. The fourth-order valence-electron chi connectivity index (χ4n) is 2.39. The molecule has 4 atom stereocenters. The molecule has 0 fully saturated rings. The van der Waals surface area contributed by atoms with E-state index in [1.807, 2.05) is 0 Å². The largest absolute Gasteiger partial charge is 0.388 e. The second kappa shape index (κ2) is 11.8. The highest BCUT2D eigenvalue weighted by atomic mass is 32.2. The van der Waals surface area contributed by atoms with Crippen LogP contribution >= 0.6 is 8.25 Å². The molecule has 0 spiro atoms. The summed E-state index contributed by atoms with van der Waals surface area (Å²) in [5.74, 6) is 0. The third-order valence-electron chi connectivity index (χ3n) is 4.27. The van der Waals surface area contributed by atoms with E-state index in [2.05, 4.69) is 0 Å². The maximum Gasteiger partial charge on any atom is 0.324 e. The van der Waals surface area contributed by atoms with Gasteiger partial charge >= 0.3 is 8.25 Å². The summed E-state index contributed by atoms with van der Waals surface area (Å²) in [6, 6.07) is 11.2. The number of aryl methyl sites for hydroxylation is 2. The van der Waals surface area contributed by atoms with Crippen molar-refractivity contribution in [3.05, 3.63) is 59.7 Å². The molecule has 34 heavy (non-hydrogen) atoms. The molecule has 0 saturated carbocycles. The van der Waals surface area contributed by atoms with Crippen LogP contribution in [0.15, 0.2) is 58.3 Å². The molecule has 0 heterocycles. The normalized spacial score (nSPS) is 16.2. The average Bonchev–Trinajstić information content (AvgIpc) is 2.73. The van der Waals surface area contributed by atoms with Crippen molar-refractivity contribution in [1.82, 2.24) is 0 Å². The zero-order chi connectivity index (χ0) is 25.7. The highest BCUT2D eigenvalue weighted by molar-refractivity contribution is 7.87. The monoisotopic (exact) mass is 538 g/mol. The first-order valence-corrected chi connectivity index (χ1v) is 14.0. The molecule has 14 heteroatoms. The van der Waals surface area contributed by atoms with E-state index in [-0.39, 0.29) is 9.79 Å². The summed E-state index contributed by atoms with van der Waals surface area (Å²) in [7, 11) is -12.6. The molecule has 11 nitrogen and oxygen atoms in total. The van der Waals surface area contributed by atoms with Crippen LogP contribution in [0.5, 0.6) is 0 Å². The van der Waals surface area contributed by atoms with Crippen molar-refractivity contribution in [3.63, 3.8) is 0 Å². The van der Waals surface area contributed by atoms with Crippen LogP contribution in [-0.4, -0.2) is 51.8 Å². The van der Waals surface area contributed by atoms with Crippen LogP contribution in [0.4, 0.5) is 0 Å². The lowest BCUT2D eigenvalue weighted by molar-refractivity contribution is -0.106. The summed E-state index contributed by atoms with van der Waals surface area (Å²) in [5, 5.41) is 19.7. The standard InChI is InChI=1S/C20H27O11PS2/c1-13-5-9-17(10-6-13)33(24,25)30-19(15(3)21)28-32(23)29-20(16(4)22)31-34(26,27)18-11-7-14(2)8-12-18/h5-12,15-16,19-22,32H,1-4H3/t15-,16-,19-,20-/m0/s1. The molecule has 2 aromatic carbocycles. The van der Waals surface area contributed by atoms with Gasteiger partial charge in [0.05, 0.1) is 9.79 Å². The number of hydrogen-bond donors (Lipinski definition) is 2. The van der Waals surface area contributed by atoms with Gasteiger partial charge in [0.1, 0.15) is 12.2 Å². The van der Waals surface area contributed by atoms with Gasteiger partial charge in [0, 0.05) is 0 Å². The SMILES string of the molecule is Cc1ccc(S(=O)(=O)O[C@H](O[PH](=O)O[C@@H](OS(=O)(=O)c2ccc(C)cc2)[C@H](C)O)[C@H](C)O)cc1. The maximum absolute atomic E-state index is 12.4. The Morgan fingerprint density at radius 2 is 0.971 bits per heavy atom. The molecule has 0 radical (unpaired) electrons. The first-order valence-electron chi connectivity index (χ1n) is 9.94. The van der Waals surface area contributed by atoms with Crippen LogP contribution < -0.4 is 0 Å². The minimum atomic E-state index is -4.42. The Balaban J connectivity index is 2.12. The Bertz CT molecular complexity index is 1080. The van der Waals surface area contributed by atoms with E-state index >= 15 is 0 Å². The quantitative estimate of drug-likeness (QED) is 0.231. The van der Waals surface area contributed by atoms with Crippen LogP contribution in [0.25, 0.3) is 0 Å². The minimum absolute atomic E-state index is 0.234. The third-order valence-corrected chi connectivity index (χ3v) is 7.71. The molecule has 0 bridgehead atoms. The molecule has 2 N–H and O–H groups in total. The Kier molecular flexibility index (Phi) is 9.95. The smallest absolute Gasteiger partial charge is 0.324 e. The summed E-state index contributed by atoms with van der Waals surface area (Å²) in [6.07, 6.45) is -7.08. The highest BCUT2D eigenvalue weighted by Gasteiger charge is 2.32. The fraction of sp³-hybridized carbons (Fsp3) is 0.400. The van der Waals surface area contributed by atoms with Crippen LogP contribution in [0, 0.1) is 13.8 Å². The van der Waals surface area contributed by atoms with Gasteiger partial charge in [-0.3, -0.25) is 13.6 Å². The summed E-state index contributed by atoms with van der Waals surface area (Å²) < 4.78 is 81.7. The molecular weight excluding hydrogens is 511 g/mol. The predicted octanol–water partition coefficient (Wildman–Crippen LogP) is 2.25. The van der Waals surface area contributed by atoms with Gasteiger partial charge in [-0.2, -0.15) is 16.8 Å². The second-order valence-electron chi connectivity index (χ2n) is 7.43. The van der Waals surface area contributed by atoms with Gasteiger partial charge in [-0.05, 0) is 52.0 Å². The molecule has 0 saturated heterocycles. The fourth-order valence-corrected chi connectivity index (χ4v) is 5.51. The molecule has 2 rings (SSSR count). The predicted molar refractivity (Wildman–Crippen MR) is 121 cm³/mol. The lowest BCUT2D eigenvalue weighted by Crippen LogP contribution is -2.33. The first kappa shape index (κ1) is 28.6. The van der Waals surface area contributed by atoms with Gasteiger partial charge in [0.2, 0.25) is 12.6 Å². The molecule has 0 aromatic heterocycles. The number of rotatable bonds is 12. The van der Waals surface area contributed by atoms with Crippen molar-refractivity contribution in [1.29, 1.82) is 0 Å². The molecule has 0 aliphatic heterocycles. The highest BCUT2D eigenvalue weighted by Crippen LogP contribution is 2.33. The van der Waals surface area contributed by atoms with Crippen molar-refractivity contribution < 1.29 is 49.0 Å². The second-order valence-corrected chi connectivity index (χ2v) is 11.5. The van der Waals surface area contributed by atoms with Crippen molar-refractivity contribution in [3.8, 4) is 0 Å². The molecule has 0 aliphatic carbocycles. The van der Waals surface area contributed by atoms with E-state index in [1.54, 1.807) is 13.8 Å². The maximum atomic E-state index is 12.4. The molecule has 0 aliphatic rings. The Labute approximate surface area is 199 Å². The Hall–Kier alpha value is -1.67. The van der Waals surface area contributed by atoms with E-state index in [0.29, 0.717) is 0 Å². The number of aliphatic hydroxyl groups is 2. The van der Waals surface area contributed by atoms with Crippen LogP contribution in [0.1, 0.15) is 25.0 Å². The van der Waals surface area contributed by atoms with Gasteiger partial charge in [-0.1, -0.05) is 35.4 Å². The van der Waals surface area contributed by atoms with E-state index in [4.69, 9.17) is 17.4 Å². The van der Waals surface area contributed by atoms with Gasteiger partial charge in [-0.15, -0.1) is 0 Å². The van der Waals surface area contributed by atoms with Crippen LogP contribution in [0.2, 0.25) is 0 Å². The molecular formula is C20H27O11PS2. The van der Waals surface area contributed by atoms with E-state index in [9.17, 15) is 31.6 Å². The van der Waals surface area contributed by atoms with Crippen molar-refractivity contribution >= 4 is 28.5 Å². The van der Waals surface area contributed by atoms with Gasteiger partial charge in [0.25, 0.3) is 20.2 Å². The summed E-state index contributed by atoms with van der Waals surface area (Å²) in [4.78, 5) is -0.468. The average molecular weight is 539 g/mol. The topological polar surface area (TPSA) is 163 Å².